The van der Waals surface area contributed by atoms with Crippen molar-refractivity contribution in [3.8, 4) is 0 Å². The van der Waals surface area contributed by atoms with Crippen molar-refractivity contribution in [3.05, 3.63) is 0 Å². The van der Waals surface area contributed by atoms with E-state index in [0.29, 0.717) is 6.42 Å². The van der Waals surface area contributed by atoms with Crippen molar-refractivity contribution >= 4 is 23.6 Å². The zero-order chi connectivity index (χ0) is 13.6. The molecule has 1 N–H and O–H groups in total. The lowest BCUT2D eigenvalue weighted by molar-refractivity contribution is -0.150. The van der Waals surface area contributed by atoms with Gasteiger partial charge in [0.05, 0.1) is 12.4 Å². The van der Waals surface area contributed by atoms with Gasteiger partial charge < -0.3 is 10.1 Å². The minimum Gasteiger partial charge on any atom is -0.467 e. The molecule has 4 nitrogen and oxygen atoms in total. The van der Waals surface area contributed by atoms with Crippen LogP contribution in [0.4, 0.5) is 0 Å². The Balaban J connectivity index is 2.64. The summed E-state index contributed by atoms with van der Waals surface area (Å²) < 4.78 is 4.80. The van der Waals surface area contributed by atoms with Crippen LogP contribution in [0.1, 0.15) is 46.0 Å². The number of methoxy groups -OCH3 is 1. The summed E-state index contributed by atoms with van der Waals surface area (Å²) in [6.07, 6.45) is 4.60. The van der Waals surface area contributed by atoms with Gasteiger partial charge in [-0.2, -0.15) is 0 Å². The lowest BCUT2D eigenvalue weighted by Gasteiger charge is -2.30. The van der Waals surface area contributed by atoms with E-state index < -0.39 is 5.54 Å². The van der Waals surface area contributed by atoms with E-state index in [2.05, 4.69) is 5.32 Å². The van der Waals surface area contributed by atoms with Gasteiger partial charge in [0.15, 0.2) is 0 Å². The number of nitrogens with one attached hydrogen (secondary N) is 1. The Morgan fingerprint density at radius 1 is 1.44 bits per heavy atom. The zero-order valence-corrected chi connectivity index (χ0v) is 12.3. The average Bonchev–Trinajstić information content (AvgIpc) is 2.39. The number of hydrogen-bond acceptors (Lipinski definition) is 4. The fourth-order valence-corrected chi connectivity index (χ4v) is 3.44. The molecule has 0 saturated carbocycles. The van der Waals surface area contributed by atoms with E-state index in [0.717, 1.165) is 25.0 Å². The molecule has 104 valence electrons. The van der Waals surface area contributed by atoms with Crippen LogP contribution in [-0.4, -0.2) is 35.5 Å². The standard InChI is InChI=1S/C13H23NO3S/c1-4-8-13(2,12(16)17-3)14-11(15)10-7-5-6-9-18-10/h10H,4-9H2,1-3H3,(H,14,15). The van der Waals surface area contributed by atoms with E-state index in [-0.39, 0.29) is 17.1 Å². The van der Waals surface area contributed by atoms with Crippen molar-refractivity contribution in [2.45, 2.75) is 56.7 Å². The molecule has 5 heteroatoms. The fraction of sp³-hybridized carbons (Fsp3) is 0.846. The zero-order valence-electron chi connectivity index (χ0n) is 11.5. The highest BCUT2D eigenvalue weighted by molar-refractivity contribution is 8.00. The summed E-state index contributed by atoms with van der Waals surface area (Å²) >= 11 is 1.69. The SMILES string of the molecule is CCCC(C)(NC(=O)C1CCCCS1)C(=O)OC. The number of hydrogen-bond donors (Lipinski definition) is 1. The van der Waals surface area contributed by atoms with Gasteiger partial charge in [0.1, 0.15) is 5.54 Å². The summed E-state index contributed by atoms with van der Waals surface area (Å²) in [5, 5.41) is 2.87. The van der Waals surface area contributed by atoms with Crippen LogP contribution >= 0.6 is 11.8 Å². The lowest BCUT2D eigenvalue weighted by Crippen LogP contribution is -2.55. The minimum atomic E-state index is -0.890. The Morgan fingerprint density at radius 3 is 2.67 bits per heavy atom. The summed E-state index contributed by atoms with van der Waals surface area (Å²) in [7, 11) is 1.36. The van der Waals surface area contributed by atoms with E-state index >= 15 is 0 Å². The third-order valence-corrected chi connectivity index (χ3v) is 4.63. The average molecular weight is 273 g/mol. The minimum absolute atomic E-state index is 0.0143. The van der Waals surface area contributed by atoms with Gasteiger partial charge in [-0.3, -0.25) is 4.79 Å². The Bertz CT molecular complexity index is 303. The Morgan fingerprint density at radius 2 is 2.17 bits per heavy atom. The van der Waals surface area contributed by atoms with E-state index in [1.165, 1.54) is 13.5 Å². The first-order valence-electron chi connectivity index (χ1n) is 6.55. The van der Waals surface area contributed by atoms with Gasteiger partial charge in [-0.05, 0) is 31.9 Å². The highest BCUT2D eigenvalue weighted by Gasteiger charge is 2.37. The highest BCUT2D eigenvalue weighted by Crippen LogP contribution is 2.26. The quantitative estimate of drug-likeness (QED) is 0.780. The molecule has 0 spiro atoms. The molecule has 0 aromatic rings. The van der Waals surface area contributed by atoms with Crippen LogP contribution in [0.5, 0.6) is 0 Å². The predicted octanol–water partition coefficient (Wildman–Crippen LogP) is 2.12. The van der Waals surface area contributed by atoms with Crippen molar-refractivity contribution in [1.82, 2.24) is 5.32 Å². The van der Waals surface area contributed by atoms with E-state index in [1.54, 1.807) is 18.7 Å². The van der Waals surface area contributed by atoms with Crippen LogP contribution in [0.25, 0.3) is 0 Å². The maximum Gasteiger partial charge on any atom is 0.331 e. The highest BCUT2D eigenvalue weighted by atomic mass is 32.2. The first-order chi connectivity index (χ1) is 8.53. The molecule has 2 unspecified atom stereocenters. The number of rotatable bonds is 5. The molecule has 2 atom stereocenters. The van der Waals surface area contributed by atoms with Crippen LogP contribution in [0, 0.1) is 0 Å². The van der Waals surface area contributed by atoms with Crippen LogP contribution < -0.4 is 5.32 Å². The number of esters is 1. The van der Waals surface area contributed by atoms with Gasteiger partial charge in [-0.1, -0.05) is 19.8 Å². The second-order valence-corrected chi connectivity index (χ2v) is 6.23. The monoisotopic (exact) mass is 273 g/mol. The molecule has 18 heavy (non-hydrogen) atoms. The van der Waals surface area contributed by atoms with Gasteiger partial charge in [-0.15, -0.1) is 11.8 Å². The third-order valence-electron chi connectivity index (χ3n) is 3.26. The smallest absolute Gasteiger partial charge is 0.331 e. The second-order valence-electron chi connectivity index (χ2n) is 4.92. The van der Waals surface area contributed by atoms with Gasteiger partial charge in [0.25, 0.3) is 0 Å². The largest absolute Gasteiger partial charge is 0.467 e. The normalized spacial score (nSPS) is 22.9. The molecule has 1 fully saturated rings. The van der Waals surface area contributed by atoms with E-state index in [9.17, 15) is 9.59 Å². The molecule has 1 aliphatic rings. The summed E-state index contributed by atoms with van der Waals surface area (Å²) in [4.78, 5) is 24.0. The van der Waals surface area contributed by atoms with Crippen molar-refractivity contribution in [2.75, 3.05) is 12.9 Å². The van der Waals surface area contributed by atoms with E-state index in [1.807, 2.05) is 6.92 Å². The fourth-order valence-electron chi connectivity index (χ4n) is 2.24. The summed E-state index contributed by atoms with van der Waals surface area (Å²) in [6.45, 7) is 3.73. The van der Waals surface area contributed by atoms with Crippen LogP contribution in [0.15, 0.2) is 0 Å². The maximum atomic E-state index is 12.2. The van der Waals surface area contributed by atoms with Crippen molar-refractivity contribution < 1.29 is 14.3 Å². The van der Waals surface area contributed by atoms with Crippen molar-refractivity contribution in [2.24, 2.45) is 0 Å². The van der Waals surface area contributed by atoms with Crippen LogP contribution in [0.3, 0.4) is 0 Å². The first kappa shape index (κ1) is 15.3. The Labute approximate surface area is 113 Å². The van der Waals surface area contributed by atoms with Gasteiger partial charge in [0.2, 0.25) is 5.91 Å². The van der Waals surface area contributed by atoms with E-state index in [4.69, 9.17) is 4.74 Å². The molecule has 0 aliphatic carbocycles. The maximum absolute atomic E-state index is 12.2. The van der Waals surface area contributed by atoms with Gasteiger partial charge in [-0.25, -0.2) is 4.79 Å². The molecule has 0 radical (unpaired) electrons. The summed E-state index contributed by atoms with van der Waals surface area (Å²) in [5.41, 5.74) is -0.890. The summed E-state index contributed by atoms with van der Waals surface area (Å²) in [5.74, 6) is 0.639. The first-order valence-corrected chi connectivity index (χ1v) is 7.60. The molecule has 0 aromatic heterocycles. The predicted molar refractivity (Wildman–Crippen MR) is 73.6 cm³/mol. The number of amides is 1. The molecule has 0 aromatic carbocycles. The molecule has 1 heterocycles. The molecule has 0 bridgehead atoms. The molecule has 1 amide bonds. The Kier molecular flexibility index (Phi) is 5.99. The summed E-state index contributed by atoms with van der Waals surface area (Å²) in [6, 6.07) is 0. The van der Waals surface area contributed by atoms with Crippen molar-refractivity contribution in [3.63, 3.8) is 0 Å². The topological polar surface area (TPSA) is 55.4 Å². The van der Waals surface area contributed by atoms with Crippen LogP contribution in [0.2, 0.25) is 0 Å². The van der Waals surface area contributed by atoms with Crippen molar-refractivity contribution in [1.29, 1.82) is 0 Å². The number of carbonyl (C=O) groups excluding carboxylic acids is 2. The third kappa shape index (κ3) is 3.90. The molecular weight excluding hydrogens is 250 g/mol. The number of thioether (sulfide) groups is 1. The van der Waals surface area contributed by atoms with Gasteiger partial charge in [0, 0.05) is 0 Å². The molecule has 1 saturated heterocycles. The number of carbonyl (C=O) groups is 2. The molecule has 1 rings (SSSR count). The molecule has 1 aliphatic heterocycles. The number of ether oxygens (including phenoxy) is 1. The molecular formula is C13H23NO3S. The van der Waals surface area contributed by atoms with Gasteiger partial charge >= 0.3 is 5.97 Å². The van der Waals surface area contributed by atoms with Crippen LogP contribution in [-0.2, 0) is 14.3 Å². The lowest BCUT2D eigenvalue weighted by atomic mass is 9.95. The Hall–Kier alpha value is -0.710. The second kappa shape index (κ2) is 7.02.